The molecule has 2 aromatic rings. The van der Waals surface area contributed by atoms with Crippen LogP contribution in [0.5, 0.6) is 0 Å². The molecule has 0 radical (unpaired) electrons. The highest BCUT2D eigenvalue weighted by molar-refractivity contribution is 8.00. The van der Waals surface area contributed by atoms with Crippen molar-refractivity contribution in [2.75, 3.05) is 0 Å². The van der Waals surface area contributed by atoms with Crippen molar-refractivity contribution >= 4 is 22.6 Å². The summed E-state index contributed by atoms with van der Waals surface area (Å²) < 4.78 is 12.9. The Morgan fingerprint density at radius 1 is 1.00 bits per heavy atom. The van der Waals surface area contributed by atoms with Crippen LogP contribution in [0.3, 0.4) is 0 Å². The Morgan fingerprint density at radius 3 is 2.41 bits per heavy atom. The predicted octanol–water partition coefficient (Wildman–Crippen LogP) is 5.38. The van der Waals surface area contributed by atoms with Gasteiger partial charge in [0, 0.05) is 26.4 Å². The standard InChI is InChI=1S/C19H22OS2/c1-12(2)19-15-11-14-7-5-6-8-17(14)22(20)18(15)10-9-16(19)21-13(3)4/h5-10,12-13H,11H2,1-4H3. The van der Waals surface area contributed by atoms with Crippen LogP contribution in [0.1, 0.15) is 50.3 Å². The summed E-state index contributed by atoms with van der Waals surface area (Å²) in [6.45, 7) is 8.93. The average molecular weight is 331 g/mol. The van der Waals surface area contributed by atoms with E-state index < -0.39 is 10.8 Å². The van der Waals surface area contributed by atoms with Gasteiger partial charge in [0.1, 0.15) is 0 Å². The van der Waals surface area contributed by atoms with Gasteiger partial charge in [-0.2, -0.15) is 0 Å². The van der Waals surface area contributed by atoms with Crippen molar-refractivity contribution in [2.24, 2.45) is 0 Å². The van der Waals surface area contributed by atoms with Gasteiger partial charge in [-0.25, -0.2) is 4.21 Å². The van der Waals surface area contributed by atoms with Gasteiger partial charge in [0.2, 0.25) is 0 Å². The highest BCUT2D eigenvalue weighted by atomic mass is 32.2. The Balaban J connectivity index is 2.18. The summed E-state index contributed by atoms with van der Waals surface area (Å²) in [5.41, 5.74) is 3.89. The minimum atomic E-state index is -1.05. The molecule has 3 rings (SSSR count). The molecule has 2 aromatic carbocycles. The van der Waals surface area contributed by atoms with Gasteiger partial charge in [-0.05, 0) is 40.8 Å². The fourth-order valence-corrected chi connectivity index (χ4v) is 5.66. The molecule has 0 fully saturated rings. The summed E-state index contributed by atoms with van der Waals surface area (Å²) in [7, 11) is -1.05. The fraction of sp³-hybridized carbons (Fsp3) is 0.368. The van der Waals surface area contributed by atoms with E-state index in [2.05, 4.69) is 45.9 Å². The number of thioether (sulfide) groups is 1. The summed E-state index contributed by atoms with van der Waals surface area (Å²) in [4.78, 5) is 3.34. The van der Waals surface area contributed by atoms with E-state index in [1.165, 1.54) is 21.6 Å². The second kappa shape index (κ2) is 6.21. The predicted molar refractivity (Wildman–Crippen MR) is 95.4 cm³/mol. The van der Waals surface area contributed by atoms with Crippen LogP contribution in [0.4, 0.5) is 0 Å². The minimum absolute atomic E-state index is 0.443. The van der Waals surface area contributed by atoms with E-state index in [-0.39, 0.29) is 0 Å². The van der Waals surface area contributed by atoms with Crippen LogP contribution in [-0.4, -0.2) is 9.46 Å². The highest BCUT2D eigenvalue weighted by Crippen LogP contribution is 2.41. The SMILES string of the molecule is CC(C)Sc1ccc2c(c1C(C)C)Cc1ccccc1S2=O. The normalized spacial score (nSPS) is 16.7. The van der Waals surface area contributed by atoms with E-state index in [9.17, 15) is 4.21 Å². The summed E-state index contributed by atoms with van der Waals surface area (Å²) in [6.07, 6.45) is 0.900. The molecule has 0 saturated heterocycles. The Kier molecular flexibility index (Phi) is 4.47. The van der Waals surface area contributed by atoms with Gasteiger partial charge in [0.05, 0.1) is 10.8 Å². The van der Waals surface area contributed by atoms with Crippen molar-refractivity contribution in [3.63, 3.8) is 0 Å². The highest BCUT2D eigenvalue weighted by Gasteiger charge is 2.26. The Labute approximate surface area is 140 Å². The van der Waals surface area contributed by atoms with E-state index in [1.54, 1.807) is 0 Å². The van der Waals surface area contributed by atoms with Crippen LogP contribution in [0, 0.1) is 0 Å². The second-order valence-electron chi connectivity index (χ2n) is 6.33. The third kappa shape index (κ3) is 2.77. The van der Waals surface area contributed by atoms with Crippen LogP contribution in [0.25, 0.3) is 0 Å². The zero-order valence-corrected chi connectivity index (χ0v) is 15.2. The summed E-state index contributed by atoms with van der Waals surface area (Å²) in [5, 5.41) is 0.553. The molecule has 0 aliphatic carbocycles. The van der Waals surface area contributed by atoms with Gasteiger partial charge in [0.15, 0.2) is 0 Å². The monoisotopic (exact) mass is 330 g/mol. The molecular weight excluding hydrogens is 308 g/mol. The van der Waals surface area contributed by atoms with E-state index in [1.807, 2.05) is 30.0 Å². The Hall–Kier alpha value is -1.06. The van der Waals surface area contributed by atoms with Crippen molar-refractivity contribution in [1.29, 1.82) is 0 Å². The molecular formula is C19H22OS2. The van der Waals surface area contributed by atoms with E-state index in [0.717, 1.165) is 16.2 Å². The lowest BCUT2D eigenvalue weighted by Gasteiger charge is -2.26. The van der Waals surface area contributed by atoms with Gasteiger partial charge >= 0.3 is 0 Å². The Morgan fingerprint density at radius 2 is 1.73 bits per heavy atom. The number of fused-ring (bicyclic) bond motifs is 2. The quantitative estimate of drug-likeness (QED) is 0.600. The molecule has 0 aromatic heterocycles. The Bertz CT molecular complexity index is 732. The van der Waals surface area contributed by atoms with Gasteiger partial charge in [-0.15, -0.1) is 11.8 Å². The first-order valence-corrected chi connectivity index (χ1v) is 9.84. The summed E-state index contributed by atoms with van der Waals surface area (Å²) in [6, 6.07) is 12.4. The van der Waals surface area contributed by atoms with E-state index in [0.29, 0.717) is 11.2 Å². The van der Waals surface area contributed by atoms with E-state index >= 15 is 0 Å². The van der Waals surface area contributed by atoms with Crippen molar-refractivity contribution in [3.05, 3.63) is 53.1 Å². The smallest absolute Gasteiger partial charge is 0.0855 e. The zero-order valence-electron chi connectivity index (χ0n) is 13.6. The molecule has 1 heterocycles. The largest absolute Gasteiger partial charge is 0.249 e. The van der Waals surface area contributed by atoms with Crippen LogP contribution < -0.4 is 0 Å². The molecule has 116 valence electrons. The van der Waals surface area contributed by atoms with Crippen molar-refractivity contribution in [1.82, 2.24) is 0 Å². The summed E-state index contributed by atoms with van der Waals surface area (Å²) >= 11 is 1.91. The molecule has 1 atom stereocenters. The van der Waals surface area contributed by atoms with Gasteiger partial charge in [0.25, 0.3) is 0 Å². The molecule has 1 aliphatic rings. The third-order valence-corrected chi connectivity index (χ3v) is 6.61. The lowest BCUT2D eigenvalue weighted by atomic mass is 9.92. The van der Waals surface area contributed by atoms with Crippen LogP contribution in [0.2, 0.25) is 0 Å². The first-order chi connectivity index (χ1) is 10.5. The molecule has 1 nitrogen and oxygen atoms in total. The lowest BCUT2D eigenvalue weighted by molar-refractivity contribution is 0.677. The molecule has 1 unspecified atom stereocenters. The average Bonchev–Trinajstić information content (AvgIpc) is 2.46. The third-order valence-electron chi connectivity index (χ3n) is 3.95. The first-order valence-electron chi connectivity index (χ1n) is 7.81. The summed E-state index contributed by atoms with van der Waals surface area (Å²) in [5.74, 6) is 0.443. The maximum Gasteiger partial charge on any atom is 0.0855 e. The van der Waals surface area contributed by atoms with Crippen LogP contribution in [-0.2, 0) is 17.2 Å². The molecule has 0 bridgehead atoms. The van der Waals surface area contributed by atoms with Crippen molar-refractivity contribution in [3.8, 4) is 0 Å². The van der Waals surface area contributed by atoms with Crippen molar-refractivity contribution < 1.29 is 4.21 Å². The van der Waals surface area contributed by atoms with Gasteiger partial charge in [-0.3, -0.25) is 0 Å². The molecule has 1 aliphatic heterocycles. The molecule has 0 amide bonds. The lowest BCUT2D eigenvalue weighted by Crippen LogP contribution is -2.13. The van der Waals surface area contributed by atoms with E-state index in [4.69, 9.17) is 0 Å². The molecule has 0 saturated carbocycles. The maximum atomic E-state index is 12.9. The molecule has 3 heteroatoms. The molecule has 22 heavy (non-hydrogen) atoms. The van der Waals surface area contributed by atoms with Crippen molar-refractivity contribution in [2.45, 2.75) is 60.0 Å². The maximum absolute atomic E-state index is 12.9. The topological polar surface area (TPSA) is 17.1 Å². The number of rotatable bonds is 3. The van der Waals surface area contributed by atoms with Gasteiger partial charge < -0.3 is 0 Å². The number of hydrogen-bond donors (Lipinski definition) is 0. The van der Waals surface area contributed by atoms with Gasteiger partial charge in [-0.1, -0.05) is 45.9 Å². The zero-order chi connectivity index (χ0) is 15.9. The molecule has 0 spiro atoms. The second-order valence-corrected chi connectivity index (χ2v) is 9.36. The first kappa shape index (κ1) is 15.8. The van der Waals surface area contributed by atoms with Crippen LogP contribution in [0.15, 0.2) is 51.1 Å². The molecule has 0 N–H and O–H groups in total. The fourth-order valence-electron chi connectivity index (χ4n) is 3.11. The van der Waals surface area contributed by atoms with Crippen LogP contribution >= 0.6 is 11.8 Å². The number of hydrogen-bond acceptors (Lipinski definition) is 2. The number of benzene rings is 2. The minimum Gasteiger partial charge on any atom is -0.249 e.